The van der Waals surface area contributed by atoms with Gasteiger partial charge in [0, 0.05) is 16.6 Å². The number of amides is 1. The van der Waals surface area contributed by atoms with Crippen LogP contribution in [0.5, 0.6) is 11.5 Å². The zero-order valence-electron chi connectivity index (χ0n) is 15.9. The molecule has 2 heterocycles. The van der Waals surface area contributed by atoms with Gasteiger partial charge in [-0.15, -0.1) is 11.3 Å². The lowest BCUT2D eigenvalue weighted by atomic mass is 10.0. The van der Waals surface area contributed by atoms with Crippen LogP contribution in [0.15, 0.2) is 48.1 Å². The molecule has 1 N–H and O–H groups in total. The third-order valence-corrected chi connectivity index (χ3v) is 5.31. The van der Waals surface area contributed by atoms with Crippen molar-refractivity contribution < 1.29 is 14.3 Å². The number of thiophene rings is 1. The second kappa shape index (κ2) is 7.84. The number of nitrogens with zero attached hydrogens (tertiary/aromatic N) is 2. The van der Waals surface area contributed by atoms with Crippen LogP contribution in [0.3, 0.4) is 0 Å². The van der Waals surface area contributed by atoms with Gasteiger partial charge < -0.3 is 14.8 Å². The lowest BCUT2D eigenvalue weighted by Crippen LogP contribution is -2.44. The van der Waals surface area contributed by atoms with Crippen LogP contribution in [0.25, 0.3) is 11.1 Å². The summed E-state index contributed by atoms with van der Waals surface area (Å²) in [4.78, 5) is 13.8. The van der Waals surface area contributed by atoms with Gasteiger partial charge in [-0.1, -0.05) is 12.1 Å². The molecule has 1 aromatic carbocycles. The summed E-state index contributed by atoms with van der Waals surface area (Å²) >= 11 is 1.62. The molecule has 6 nitrogen and oxygen atoms in total. The number of methoxy groups -OCH3 is 2. The molecule has 2 aromatic heterocycles. The summed E-state index contributed by atoms with van der Waals surface area (Å²) in [5.74, 6) is 1.23. The fraction of sp³-hybridized carbons (Fsp3) is 0.300. The zero-order valence-corrected chi connectivity index (χ0v) is 16.7. The Morgan fingerprint density at radius 2 is 1.96 bits per heavy atom. The van der Waals surface area contributed by atoms with Crippen molar-refractivity contribution >= 4 is 17.2 Å². The minimum Gasteiger partial charge on any atom is -0.493 e. The van der Waals surface area contributed by atoms with E-state index >= 15 is 0 Å². The van der Waals surface area contributed by atoms with Gasteiger partial charge >= 0.3 is 0 Å². The molecular weight excluding hydrogens is 362 g/mol. The maximum atomic E-state index is 12.7. The average Bonchev–Trinajstić information content (AvgIpc) is 3.37. The Morgan fingerprint density at radius 1 is 1.19 bits per heavy atom. The molecule has 0 bridgehead atoms. The normalized spacial score (nSPS) is 11.3. The van der Waals surface area contributed by atoms with Gasteiger partial charge in [0.05, 0.1) is 27.0 Å². The quantitative estimate of drug-likeness (QED) is 0.674. The molecule has 0 aliphatic heterocycles. The van der Waals surface area contributed by atoms with Crippen LogP contribution in [-0.4, -0.2) is 29.9 Å². The smallest absolute Gasteiger partial charge is 0.247 e. The first-order chi connectivity index (χ1) is 13.0. The minimum absolute atomic E-state index is 0.0853. The first-order valence-electron chi connectivity index (χ1n) is 8.54. The van der Waals surface area contributed by atoms with E-state index in [9.17, 15) is 4.79 Å². The van der Waals surface area contributed by atoms with E-state index in [1.54, 1.807) is 36.4 Å². The molecule has 0 aliphatic rings. The van der Waals surface area contributed by atoms with Crippen LogP contribution >= 0.6 is 11.3 Å². The van der Waals surface area contributed by atoms with Gasteiger partial charge in [0.25, 0.3) is 0 Å². The monoisotopic (exact) mass is 385 g/mol. The molecule has 3 rings (SSSR count). The van der Waals surface area contributed by atoms with Crippen LogP contribution in [0, 0.1) is 0 Å². The van der Waals surface area contributed by atoms with E-state index in [2.05, 4.69) is 10.4 Å². The molecule has 0 radical (unpaired) electrons. The Labute approximate surface area is 162 Å². The number of hydrogen-bond acceptors (Lipinski definition) is 5. The Bertz CT molecular complexity index is 916. The van der Waals surface area contributed by atoms with Crippen LogP contribution in [0.4, 0.5) is 0 Å². The highest BCUT2D eigenvalue weighted by molar-refractivity contribution is 7.09. The number of nitrogens with one attached hydrogen (secondary N) is 1. The molecule has 0 saturated carbocycles. The molecule has 1 amide bonds. The molecular formula is C20H23N3O3S. The maximum Gasteiger partial charge on any atom is 0.247 e. The molecule has 0 atom stereocenters. The largest absolute Gasteiger partial charge is 0.493 e. The number of benzene rings is 1. The number of ether oxygens (including phenoxy) is 2. The summed E-state index contributed by atoms with van der Waals surface area (Å²) in [6, 6.07) is 9.65. The summed E-state index contributed by atoms with van der Waals surface area (Å²) < 4.78 is 12.3. The van der Waals surface area contributed by atoms with Gasteiger partial charge in [-0.05, 0) is 43.0 Å². The first-order valence-corrected chi connectivity index (χ1v) is 9.42. The molecule has 0 aliphatic carbocycles. The van der Waals surface area contributed by atoms with Gasteiger partial charge in [0.15, 0.2) is 11.5 Å². The Hall–Kier alpha value is -2.80. The second-order valence-electron chi connectivity index (χ2n) is 6.56. The van der Waals surface area contributed by atoms with E-state index in [-0.39, 0.29) is 5.91 Å². The van der Waals surface area contributed by atoms with Crippen molar-refractivity contribution in [2.24, 2.45) is 0 Å². The second-order valence-corrected chi connectivity index (χ2v) is 7.60. The zero-order chi connectivity index (χ0) is 19.4. The average molecular weight is 385 g/mol. The van der Waals surface area contributed by atoms with E-state index in [4.69, 9.17) is 9.47 Å². The lowest BCUT2D eigenvalue weighted by molar-refractivity contribution is -0.129. The SMILES string of the molecule is COc1ccc(-c2cnn(C(C)(C)C(=O)NCc3cccs3)c2)cc1OC. The topological polar surface area (TPSA) is 65.4 Å². The van der Waals surface area contributed by atoms with E-state index in [1.165, 1.54) is 0 Å². The van der Waals surface area contributed by atoms with Gasteiger partial charge in [0.2, 0.25) is 5.91 Å². The summed E-state index contributed by atoms with van der Waals surface area (Å²) in [7, 11) is 3.21. The van der Waals surface area contributed by atoms with Crippen molar-refractivity contribution in [3.63, 3.8) is 0 Å². The van der Waals surface area contributed by atoms with Crippen molar-refractivity contribution in [1.82, 2.24) is 15.1 Å². The van der Waals surface area contributed by atoms with E-state index < -0.39 is 5.54 Å². The molecule has 0 saturated heterocycles. The van der Waals surface area contributed by atoms with Crippen LogP contribution in [0.1, 0.15) is 18.7 Å². The van der Waals surface area contributed by atoms with Gasteiger partial charge in [-0.25, -0.2) is 0 Å². The standard InChI is InChI=1S/C20H23N3O3S/c1-20(2,19(24)21-12-16-6-5-9-27-16)23-13-15(11-22-23)14-7-8-17(25-3)18(10-14)26-4/h5-11,13H,12H2,1-4H3,(H,21,24). The highest BCUT2D eigenvalue weighted by atomic mass is 32.1. The van der Waals surface area contributed by atoms with Crippen molar-refractivity contribution in [3.05, 3.63) is 53.0 Å². The predicted octanol–water partition coefficient (Wildman–Crippen LogP) is 3.68. The number of rotatable bonds is 7. The summed E-state index contributed by atoms with van der Waals surface area (Å²) in [6.07, 6.45) is 3.61. The third kappa shape index (κ3) is 3.98. The molecule has 0 unspecified atom stereocenters. The Morgan fingerprint density at radius 3 is 2.63 bits per heavy atom. The van der Waals surface area contributed by atoms with Crippen molar-refractivity contribution in [3.8, 4) is 22.6 Å². The lowest BCUT2D eigenvalue weighted by Gasteiger charge is -2.24. The fourth-order valence-electron chi connectivity index (χ4n) is 2.69. The summed E-state index contributed by atoms with van der Waals surface area (Å²) in [5, 5.41) is 9.39. The number of carbonyl (C=O) groups excluding carboxylic acids is 1. The summed E-state index contributed by atoms with van der Waals surface area (Å²) in [5.41, 5.74) is 1.02. The first kappa shape index (κ1) is 19.0. The van der Waals surface area contributed by atoms with E-state index in [0.717, 1.165) is 16.0 Å². The number of aromatic nitrogens is 2. The van der Waals surface area contributed by atoms with Crippen LogP contribution in [-0.2, 0) is 16.9 Å². The number of hydrogen-bond donors (Lipinski definition) is 1. The van der Waals surface area contributed by atoms with Gasteiger partial charge in [-0.2, -0.15) is 5.10 Å². The Balaban J connectivity index is 1.78. The van der Waals surface area contributed by atoms with Crippen molar-refractivity contribution in [2.75, 3.05) is 14.2 Å². The summed E-state index contributed by atoms with van der Waals surface area (Å²) in [6.45, 7) is 4.22. The molecule has 0 fully saturated rings. The highest BCUT2D eigenvalue weighted by Crippen LogP contribution is 2.32. The molecule has 27 heavy (non-hydrogen) atoms. The molecule has 0 spiro atoms. The van der Waals surface area contributed by atoms with Gasteiger partial charge in [0.1, 0.15) is 5.54 Å². The molecule has 142 valence electrons. The van der Waals surface area contributed by atoms with Crippen molar-refractivity contribution in [1.29, 1.82) is 0 Å². The van der Waals surface area contributed by atoms with Gasteiger partial charge in [-0.3, -0.25) is 9.48 Å². The molecule has 7 heteroatoms. The van der Waals surface area contributed by atoms with E-state index in [1.807, 2.05) is 55.8 Å². The minimum atomic E-state index is -0.813. The van der Waals surface area contributed by atoms with Crippen LogP contribution in [0.2, 0.25) is 0 Å². The maximum absolute atomic E-state index is 12.7. The number of carbonyl (C=O) groups is 1. The Kier molecular flexibility index (Phi) is 5.51. The fourth-order valence-corrected chi connectivity index (χ4v) is 3.34. The highest BCUT2D eigenvalue weighted by Gasteiger charge is 2.30. The van der Waals surface area contributed by atoms with Crippen molar-refractivity contribution in [2.45, 2.75) is 25.9 Å². The third-order valence-electron chi connectivity index (χ3n) is 4.43. The molecule has 3 aromatic rings. The van der Waals surface area contributed by atoms with Crippen LogP contribution < -0.4 is 14.8 Å². The predicted molar refractivity (Wildman–Crippen MR) is 106 cm³/mol. The van der Waals surface area contributed by atoms with E-state index in [0.29, 0.717) is 18.0 Å².